The third-order valence-corrected chi connectivity index (χ3v) is 8.26. The molecule has 0 radical (unpaired) electrons. The van der Waals surface area contributed by atoms with E-state index in [2.05, 4.69) is 78.9 Å². The van der Waals surface area contributed by atoms with Gasteiger partial charge >= 0.3 is 0 Å². The molecule has 286 valence electrons. The van der Waals surface area contributed by atoms with Crippen molar-refractivity contribution in [1.29, 1.82) is 0 Å². The number of alkyl halides is 1. The van der Waals surface area contributed by atoms with Crippen LogP contribution in [-0.2, 0) is 9.68 Å². The summed E-state index contributed by atoms with van der Waals surface area (Å²) in [5.41, 5.74) is 9.71. The van der Waals surface area contributed by atoms with Gasteiger partial charge in [0.2, 0.25) is 0 Å². The normalized spacial score (nSPS) is 16.5. The van der Waals surface area contributed by atoms with E-state index in [9.17, 15) is 13.6 Å². The summed E-state index contributed by atoms with van der Waals surface area (Å²) in [5, 5.41) is 9.62. The molecule has 0 aliphatic carbocycles. The van der Waals surface area contributed by atoms with E-state index in [0.29, 0.717) is 24.0 Å². The zero-order valence-corrected chi connectivity index (χ0v) is 33.8. The van der Waals surface area contributed by atoms with Gasteiger partial charge in [-0.3, -0.25) is 21.1 Å². The summed E-state index contributed by atoms with van der Waals surface area (Å²) in [6, 6.07) is 6.16. The first-order valence-corrected chi connectivity index (χ1v) is 19.0. The van der Waals surface area contributed by atoms with Crippen LogP contribution in [0.5, 0.6) is 0 Å². The number of hydrogen-bond donors (Lipinski definition) is 3. The molecule has 3 unspecified atom stereocenters. The van der Waals surface area contributed by atoms with Crippen molar-refractivity contribution in [2.45, 2.75) is 119 Å². The molecule has 1 fully saturated rings. The number of rotatable bonds is 14. The number of thioether (sulfide) groups is 1. The van der Waals surface area contributed by atoms with E-state index in [1.807, 2.05) is 13.0 Å². The van der Waals surface area contributed by atoms with Gasteiger partial charge in [-0.25, -0.2) is 13.7 Å². The van der Waals surface area contributed by atoms with Crippen LogP contribution in [0.1, 0.15) is 107 Å². The van der Waals surface area contributed by atoms with Gasteiger partial charge in [-0.05, 0) is 82.6 Å². The largest absolute Gasteiger partial charge is 0.328 e. The van der Waals surface area contributed by atoms with Crippen molar-refractivity contribution in [3.8, 4) is 0 Å². The standard InChI is InChI=1S/C25H41FN4S.C6H4ClF.C4H10.C3H6O.CH4O2/c1-6-9-10-14-28-29-21-16-23-22(19(4)12-11-13-20(5)26)17-27-25(30(23)18-21)24(8-3)31-15-7-2;7-5-2-1-3-6(8)4-5;1-3-4-2;1-3(2)4;1-3-2/h7-8,11-12,15,19-21,28-29H,6,9-10,13-14,16-18H2,1-5H3;1-4H;3-4H2,1-2H3;1-2H3;2H,1H3/b12-11-,15-7-,24-8?;;;;. The van der Waals surface area contributed by atoms with E-state index < -0.39 is 6.17 Å². The number of carbonyl (C=O) groups is 1. The first kappa shape index (κ1) is 49.8. The maximum atomic E-state index is 13.2. The van der Waals surface area contributed by atoms with Crippen molar-refractivity contribution in [3.05, 3.63) is 81.0 Å². The number of nitrogens with one attached hydrogen (secondary N) is 2. The fourth-order valence-corrected chi connectivity index (χ4v) is 5.30. The Hall–Kier alpha value is -2.34. The third kappa shape index (κ3) is 24.7. The van der Waals surface area contributed by atoms with E-state index in [4.69, 9.17) is 21.9 Å². The average molecular weight is 743 g/mol. The lowest BCUT2D eigenvalue weighted by Crippen LogP contribution is -2.43. The van der Waals surface area contributed by atoms with Crippen molar-refractivity contribution in [3.63, 3.8) is 0 Å². The Balaban J connectivity index is 0. The highest BCUT2D eigenvalue weighted by molar-refractivity contribution is 8.06. The van der Waals surface area contributed by atoms with Crippen molar-refractivity contribution < 1.29 is 23.7 Å². The SMILES string of the molecule is CC(C)=O.CC=C(S/C=C\C)C1=NCC(C(C)/C=C\CC(C)F)=C2CC(NNCCCCC)CN12.CCCC.COO.Fc1cccc(Cl)c1. The van der Waals surface area contributed by atoms with Crippen LogP contribution in [-0.4, -0.2) is 60.7 Å². The number of nitrogens with zero attached hydrogens (tertiary/aromatic N) is 2. The molecule has 0 aromatic heterocycles. The van der Waals surface area contributed by atoms with E-state index in [-0.39, 0.29) is 17.5 Å². The summed E-state index contributed by atoms with van der Waals surface area (Å²) in [4.78, 5) is 21.3. The summed E-state index contributed by atoms with van der Waals surface area (Å²) >= 11 is 7.13. The number of amidine groups is 1. The molecule has 0 spiro atoms. The molecule has 3 N–H and O–H groups in total. The Morgan fingerprint density at radius 3 is 2.30 bits per heavy atom. The molecule has 2 aliphatic heterocycles. The Labute approximate surface area is 311 Å². The van der Waals surface area contributed by atoms with Crippen molar-refractivity contribution in [1.82, 2.24) is 15.8 Å². The highest BCUT2D eigenvalue weighted by Gasteiger charge is 2.35. The lowest BCUT2D eigenvalue weighted by atomic mass is 9.95. The smallest absolute Gasteiger partial charge is 0.142 e. The fraction of sp³-hybridized carbons (Fsp3) is 0.590. The quantitative estimate of drug-likeness (QED) is 0.0757. The minimum Gasteiger partial charge on any atom is -0.328 e. The minimum absolute atomic E-state index is 0.167. The van der Waals surface area contributed by atoms with E-state index in [1.54, 1.807) is 30.8 Å². The topological polar surface area (TPSA) is 86.2 Å². The van der Waals surface area contributed by atoms with Crippen molar-refractivity contribution in [2.24, 2.45) is 10.9 Å². The molecule has 0 saturated carbocycles. The molecule has 0 amide bonds. The number of hydrazine groups is 1. The fourth-order valence-electron chi connectivity index (χ4n) is 4.43. The maximum absolute atomic E-state index is 13.2. The zero-order valence-electron chi connectivity index (χ0n) is 32.2. The van der Waals surface area contributed by atoms with Gasteiger partial charge in [0.15, 0.2) is 0 Å². The number of halogens is 3. The Bertz CT molecular complexity index is 1170. The third-order valence-electron chi connectivity index (χ3n) is 6.94. The van der Waals surface area contributed by atoms with Crippen LogP contribution >= 0.6 is 23.4 Å². The second kappa shape index (κ2) is 32.6. The predicted molar refractivity (Wildman–Crippen MR) is 213 cm³/mol. The van der Waals surface area contributed by atoms with Crippen molar-refractivity contribution >= 4 is 35.0 Å². The van der Waals surface area contributed by atoms with Crippen molar-refractivity contribution in [2.75, 3.05) is 26.7 Å². The lowest BCUT2D eigenvalue weighted by Gasteiger charge is -2.31. The molecular weight excluding hydrogens is 678 g/mol. The second-order valence-electron chi connectivity index (χ2n) is 11.9. The number of Topliss-reactive ketones (excluding diaryl/α,β-unsaturated/α-hetero) is 1. The molecule has 1 aromatic carbocycles. The van der Waals surface area contributed by atoms with Gasteiger partial charge in [-0.2, -0.15) is 0 Å². The number of aliphatic imine (C=N–C) groups is 1. The molecule has 11 heteroatoms. The summed E-state index contributed by atoms with van der Waals surface area (Å²) in [6.07, 6.45) is 15.3. The Morgan fingerprint density at radius 1 is 1.18 bits per heavy atom. The van der Waals surface area contributed by atoms with Gasteiger partial charge < -0.3 is 9.69 Å². The summed E-state index contributed by atoms with van der Waals surface area (Å²) in [6.45, 7) is 20.2. The molecule has 7 nitrogen and oxygen atoms in total. The van der Waals surface area contributed by atoms with Crippen LogP contribution < -0.4 is 10.9 Å². The molecule has 1 aromatic rings. The molecule has 0 bridgehead atoms. The van der Waals surface area contributed by atoms with Crippen LogP contribution in [0.25, 0.3) is 0 Å². The predicted octanol–water partition coefficient (Wildman–Crippen LogP) is 11.1. The zero-order chi connectivity index (χ0) is 38.3. The van der Waals surface area contributed by atoms with E-state index in [0.717, 1.165) is 25.3 Å². The first-order chi connectivity index (χ1) is 23.9. The average Bonchev–Trinajstić information content (AvgIpc) is 3.49. The summed E-state index contributed by atoms with van der Waals surface area (Å²) in [5.74, 6) is 1.21. The monoisotopic (exact) mass is 742 g/mol. The van der Waals surface area contributed by atoms with E-state index in [1.165, 1.54) is 81.4 Å². The number of ketones is 1. The number of allylic oxidation sites excluding steroid dienone is 4. The molecule has 1 saturated heterocycles. The van der Waals surface area contributed by atoms with Gasteiger partial charge in [-0.1, -0.05) is 107 Å². The number of fused-ring (bicyclic) bond motifs is 1. The van der Waals surface area contributed by atoms with Gasteiger partial charge in [-0.15, -0.1) is 0 Å². The van der Waals surface area contributed by atoms with Gasteiger partial charge in [0.1, 0.15) is 23.6 Å². The number of unbranched alkanes of at least 4 members (excludes halogenated alkanes) is 3. The van der Waals surface area contributed by atoms with Crippen LogP contribution in [0.4, 0.5) is 8.78 Å². The number of carbonyl (C=O) groups excluding carboxylic acids is 1. The van der Waals surface area contributed by atoms with Crippen LogP contribution in [0.2, 0.25) is 5.02 Å². The summed E-state index contributed by atoms with van der Waals surface area (Å²) < 4.78 is 25.3. The molecule has 2 aliphatic rings. The number of hydrogen-bond acceptors (Lipinski definition) is 8. The van der Waals surface area contributed by atoms with Crippen LogP contribution in [0.15, 0.2) is 75.1 Å². The van der Waals surface area contributed by atoms with Crippen LogP contribution in [0, 0.1) is 11.7 Å². The molecule has 50 heavy (non-hydrogen) atoms. The Morgan fingerprint density at radius 2 is 1.82 bits per heavy atom. The molecule has 2 heterocycles. The maximum Gasteiger partial charge on any atom is 0.142 e. The first-order valence-electron chi connectivity index (χ1n) is 17.7. The minimum atomic E-state index is -0.798. The van der Waals surface area contributed by atoms with Gasteiger partial charge in [0.05, 0.1) is 13.7 Å². The van der Waals surface area contributed by atoms with Gasteiger partial charge in [0, 0.05) is 41.2 Å². The molecule has 3 atom stereocenters. The summed E-state index contributed by atoms with van der Waals surface area (Å²) in [7, 11) is 1.18. The number of benzene rings is 1. The second-order valence-corrected chi connectivity index (χ2v) is 13.3. The van der Waals surface area contributed by atoms with E-state index >= 15 is 0 Å². The lowest BCUT2D eigenvalue weighted by molar-refractivity contribution is -0.214. The highest BCUT2D eigenvalue weighted by atomic mass is 35.5. The molecular formula is C39H65ClF2N4O3S. The highest BCUT2D eigenvalue weighted by Crippen LogP contribution is 2.36. The van der Waals surface area contributed by atoms with Gasteiger partial charge in [0.25, 0.3) is 0 Å². The molecule has 3 rings (SSSR count). The Kier molecular flexibility index (Phi) is 32.4. The van der Waals surface area contributed by atoms with Crippen LogP contribution in [0.3, 0.4) is 0 Å².